The molecule has 12 heavy (non-hydrogen) atoms. The SMILES string of the molecule is CCc1nc(C)cc(CBr)c1O. The molecule has 0 atom stereocenters. The lowest BCUT2D eigenvalue weighted by atomic mass is 10.1. The van der Waals surface area contributed by atoms with E-state index in [9.17, 15) is 5.11 Å². The van der Waals surface area contributed by atoms with E-state index >= 15 is 0 Å². The summed E-state index contributed by atoms with van der Waals surface area (Å²) in [6, 6.07) is 1.89. The molecule has 0 saturated heterocycles. The van der Waals surface area contributed by atoms with Crippen molar-refractivity contribution in [1.82, 2.24) is 4.98 Å². The van der Waals surface area contributed by atoms with Crippen molar-refractivity contribution in [2.45, 2.75) is 25.6 Å². The first kappa shape index (κ1) is 9.52. The summed E-state index contributed by atoms with van der Waals surface area (Å²) in [5.41, 5.74) is 2.66. The summed E-state index contributed by atoms with van der Waals surface area (Å²) >= 11 is 3.32. The second kappa shape index (κ2) is 3.90. The smallest absolute Gasteiger partial charge is 0.141 e. The van der Waals surface area contributed by atoms with Gasteiger partial charge in [-0.1, -0.05) is 22.9 Å². The lowest BCUT2D eigenvalue weighted by Gasteiger charge is -2.06. The Bertz CT molecular complexity index is 261. The van der Waals surface area contributed by atoms with Gasteiger partial charge in [0.2, 0.25) is 0 Å². The van der Waals surface area contributed by atoms with Gasteiger partial charge in [-0.05, 0) is 19.4 Å². The topological polar surface area (TPSA) is 33.1 Å². The van der Waals surface area contributed by atoms with Crippen LogP contribution >= 0.6 is 15.9 Å². The number of nitrogens with zero attached hydrogens (tertiary/aromatic N) is 1. The fourth-order valence-electron chi connectivity index (χ4n) is 1.15. The Morgan fingerprint density at radius 2 is 2.25 bits per heavy atom. The molecule has 0 bridgehead atoms. The molecule has 0 aromatic carbocycles. The van der Waals surface area contributed by atoms with Gasteiger partial charge in [-0.2, -0.15) is 0 Å². The third-order valence-electron chi connectivity index (χ3n) is 1.75. The molecule has 0 aliphatic rings. The van der Waals surface area contributed by atoms with Crippen molar-refractivity contribution in [3.05, 3.63) is 23.0 Å². The number of aromatic nitrogens is 1. The molecule has 0 aliphatic heterocycles. The highest BCUT2D eigenvalue weighted by molar-refractivity contribution is 9.08. The Hall–Kier alpha value is -0.570. The average Bonchev–Trinajstić information content (AvgIpc) is 2.08. The molecule has 3 heteroatoms. The Morgan fingerprint density at radius 3 is 2.75 bits per heavy atom. The zero-order valence-corrected chi connectivity index (χ0v) is 8.85. The predicted octanol–water partition coefficient (Wildman–Crippen LogP) is 2.55. The fraction of sp³-hybridized carbons (Fsp3) is 0.444. The summed E-state index contributed by atoms with van der Waals surface area (Å²) in [5.74, 6) is 0.333. The molecule has 1 rings (SSSR count). The van der Waals surface area contributed by atoms with Gasteiger partial charge in [-0.15, -0.1) is 0 Å². The number of aromatic hydroxyl groups is 1. The molecule has 1 aromatic rings. The van der Waals surface area contributed by atoms with Crippen LogP contribution in [0.25, 0.3) is 0 Å². The Morgan fingerprint density at radius 1 is 1.58 bits per heavy atom. The van der Waals surface area contributed by atoms with E-state index < -0.39 is 0 Å². The van der Waals surface area contributed by atoms with Crippen molar-refractivity contribution >= 4 is 15.9 Å². The summed E-state index contributed by atoms with van der Waals surface area (Å²) in [5, 5.41) is 10.3. The molecule has 1 aromatic heterocycles. The number of hydrogen-bond donors (Lipinski definition) is 1. The summed E-state index contributed by atoms with van der Waals surface area (Å²) in [6.45, 7) is 3.92. The first-order valence-corrected chi connectivity index (χ1v) is 5.05. The minimum Gasteiger partial charge on any atom is -0.506 e. The van der Waals surface area contributed by atoms with E-state index in [1.165, 1.54) is 0 Å². The van der Waals surface area contributed by atoms with Crippen LogP contribution in [0.15, 0.2) is 6.07 Å². The third-order valence-corrected chi connectivity index (χ3v) is 2.35. The van der Waals surface area contributed by atoms with Crippen LogP contribution in [0, 0.1) is 6.92 Å². The number of aryl methyl sites for hydroxylation is 2. The van der Waals surface area contributed by atoms with Gasteiger partial charge in [-0.3, -0.25) is 4.98 Å². The molecule has 0 amide bonds. The van der Waals surface area contributed by atoms with Gasteiger partial charge in [-0.25, -0.2) is 0 Å². The maximum absolute atomic E-state index is 9.62. The van der Waals surface area contributed by atoms with E-state index in [2.05, 4.69) is 20.9 Å². The van der Waals surface area contributed by atoms with Crippen molar-refractivity contribution in [2.24, 2.45) is 0 Å². The summed E-state index contributed by atoms with van der Waals surface area (Å²) in [4.78, 5) is 4.23. The minimum atomic E-state index is 0.333. The highest BCUT2D eigenvalue weighted by Gasteiger charge is 2.06. The maximum atomic E-state index is 9.62. The summed E-state index contributed by atoms with van der Waals surface area (Å²) in [6.07, 6.45) is 0.771. The highest BCUT2D eigenvalue weighted by Crippen LogP contribution is 2.24. The molecule has 1 N–H and O–H groups in total. The van der Waals surface area contributed by atoms with Crippen LogP contribution in [-0.4, -0.2) is 10.1 Å². The van der Waals surface area contributed by atoms with Crippen molar-refractivity contribution in [3.8, 4) is 5.75 Å². The molecule has 2 nitrogen and oxygen atoms in total. The number of alkyl halides is 1. The first-order chi connectivity index (χ1) is 5.69. The van der Waals surface area contributed by atoms with Gasteiger partial charge in [0.15, 0.2) is 0 Å². The van der Waals surface area contributed by atoms with Crippen LogP contribution in [0.5, 0.6) is 5.75 Å². The molecule has 66 valence electrons. The zero-order chi connectivity index (χ0) is 9.14. The van der Waals surface area contributed by atoms with Crippen molar-refractivity contribution in [1.29, 1.82) is 0 Å². The molecule has 0 aliphatic carbocycles. The summed E-state index contributed by atoms with van der Waals surface area (Å²) < 4.78 is 0. The second-order valence-electron chi connectivity index (χ2n) is 2.71. The minimum absolute atomic E-state index is 0.333. The normalized spacial score (nSPS) is 10.2. The van der Waals surface area contributed by atoms with Crippen LogP contribution in [-0.2, 0) is 11.8 Å². The van der Waals surface area contributed by atoms with Crippen molar-refractivity contribution in [3.63, 3.8) is 0 Å². The van der Waals surface area contributed by atoms with Crippen LogP contribution in [0.3, 0.4) is 0 Å². The third kappa shape index (κ3) is 1.78. The predicted molar refractivity (Wildman–Crippen MR) is 52.6 cm³/mol. The molecule has 0 fully saturated rings. The van der Waals surface area contributed by atoms with E-state index in [4.69, 9.17) is 0 Å². The number of rotatable bonds is 2. The van der Waals surface area contributed by atoms with Gasteiger partial charge in [0.1, 0.15) is 5.75 Å². The van der Waals surface area contributed by atoms with Crippen LogP contribution < -0.4 is 0 Å². The monoisotopic (exact) mass is 229 g/mol. The maximum Gasteiger partial charge on any atom is 0.141 e. The van der Waals surface area contributed by atoms with E-state index in [-0.39, 0.29) is 0 Å². The van der Waals surface area contributed by atoms with Gasteiger partial charge in [0, 0.05) is 16.6 Å². The molecular weight excluding hydrogens is 218 g/mol. The molecule has 0 radical (unpaired) electrons. The number of hydrogen-bond acceptors (Lipinski definition) is 2. The van der Waals surface area contributed by atoms with E-state index in [1.54, 1.807) is 0 Å². The standard InChI is InChI=1S/C9H12BrNO/c1-3-8-9(12)7(5-10)4-6(2)11-8/h4,12H,3,5H2,1-2H3. The highest BCUT2D eigenvalue weighted by atomic mass is 79.9. The zero-order valence-electron chi connectivity index (χ0n) is 7.26. The van der Waals surface area contributed by atoms with Crippen LogP contribution in [0.1, 0.15) is 23.9 Å². The van der Waals surface area contributed by atoms with Gasteiger partial charge in [0.05, 0.1) is 5.69 Å². The number of halogens is 1. The Labute approximate surface area is 80.8 Å². The molecule has 0 unspecified atom stereocenters. The van der Waals surface area contributed by atoms with Gasteiger partial charge in [0.25, 0.3) is 0 Å². The summed E-state index contributed by atoms with van der Waals surface area (Å²) in [7, 11) is 0. The first-order valence-electron chi connectivity index (χ1n) is 3.93. The quantitative estimate of drug-likeness (QED) is 0.792. The van der Waals surface area contributed by atoms with Gasteiger partial charge < -0.3 is 5.11 Å². The fourth-order valence-corrected chi connectivity index (χ4v) is 1.58. The average molecular weight is 230 g/mol. The lowest BCUT2D eigenvalue weighted by molar-refractivity contribution is 0.459. The Kier molecular flexibility index (Phi) is 3.09. The van der Waals surface area contributed by atoms with Crippen molar-refractivity contribution in [2.75, 3.05) is 0 Å². The van der Waals surface area contributed by atoms with Crippen LogP contribution in [0.4, 0.5) is 0 Å². The second-order valence-corrected chi connectivity index (χ2v) is 3.27. The van der Waals surface area contributed by atoms with E-state index in [1.807, 2.05) is 19.9 Å². The largest absolute Gasteiger partial charge is 0.506 e. The van der Waals surface area contributed by atoms with E-state index in [0.717, 1.165) is 23.4 Å². The number of pyridine rings is 1. The van der Waals surface area contributed by atoms with Gasteiger partial charge >= 0.3 is 0 Å². The van der Waals surface area contributed by atoms with Crippen LogP contribution in [0.2, 0.25) is 0 Å². The molecular formula is C9H12BrNO. The molecule has 0 saturated carbocycles. The molecule has 1 heterocycles. The van der Waals surface area contributed by atoms with E-state index in [0.29, 0.717) is 11.1 Å². The molecule has 0 spiro atoms. The lowest BCUT2D eigenvalue weighted by Crippen LogP contribution is -1.94. The van der Waals surface area contributed by atoms with Crippen molar-refractivity contribution < 1.29 is 5.11 Å². The Balaban J connectivity index is 3.22.